The van der Waals surface area contributed by atoms with Gasteiger partial charge < -0.3 is 33.1 Å². The minimum atomic E-state index is -5.33. The minimum Gasteiger partial charge on any atom is -0.432 e. The lowest BCUT2D eigenvalue weighted by atomic mass is 9.85. The molecular weight excluding hydrogens is 724 g/mol. The molecule has 3 aromatic rings. The van der Waals surface area contributed by atoms with Crippen molar-refractivity contribution in [1.82, 2.24) is 14.3 Å². The van der Waals surface area contributed by atoms with Crippen LogP contribution >= 0.6 is 15.6 Å². The monoisotopic (exact) mass is 763 g/mol. The highest BCUT2D eigenvalue weighted by Gasteiger charge is 2.46. The number of rotatable bonds is 16. The molecule has 1 aliphatic heterocycles. The van der Waals surface area contributed by atoms with E-state index in [9.17, 15) is 33.2 Å². The van der Waals surface area contributed by atoms with E-state index in [1.165, 1.54) is 44.5 Å². The minimum absolute atomic E-state index is 0.179. The number of carbonyl (C=O) groups excluding carboxylic acids is 2. The molecule has 282 valence electrons. The van der Waals surface area contributed by atoms with Gasteiger partial charge in [-0.15, -0.1) is 0 Å². The maximum absolute atomic E-state index is 13.5. The first-order chi connectivity index (χ1) is 23.9. The summed E-state index contributed by atoms with van der Waals surface area (Å²) in [6.07, 6.45) is -4.03. The Morgan fingerprint density at radius 1 is 0.980 bits per heavy atom. The van der Waals surface area contributed by atoms with Crippen LogP contribution in [-0.2, 0) is 57.2 Å². The smallest absolute Gasteiger partial charge is 0.432 e. The third-order valence-electron chi connectivity index (χ3n) is 7.09. The fraction of sp³-hybridized carbons (Fsp3) is 0.552. The Balaban J connectivity index is 1.43. The number of hydrogen-bond donors (Lipinski definition) is 1. The molecule has 1 aliphatic rings. The van der Waals surface area contributed by atoms with Gasteiger partial charge in [0.15, 0.2) is 5.58 Å². The summed E-state index contributed by atoms with van der Waals surface area (Å²) < 4.78 is 77.8. The molecule has 0 saturated carbocycles. The topological polar surface area (TPSA) is 242 Å². The first-order valence-electron chi connectivity index (χ1n) is 15.4. The lowest BCUT2D eigenvalue weighted by molar-refractivity contribution is -0.0483. The Bertz CT molecular complexity index is 1870. The predicted molar refractivity (Wildman–Crippen MR) is 172 cm³/mol. The fourth-order valence-corrected chi connectivity index (χ4v) is 7.00. The van der Waals surface area contributed by atoms with Crippen LogP contribution in [-0.4, -0.2) is 70.0 Å². The summed E-state index contributed by atoms with van der Waals surface area (Å²) in [6.45, 7) is 6.52. The van der Waals surface area contributed by atoms with E-state index < -0.39 is 89.4 Å². The lowest BCUT2D eigenvalue weighted by Gasteiger charge is -2.26. The zero-order valence-electron chi connectivity index (χ0n) is 28.5. The molecule has 3 heterocycles. The summed E-state index contributed by atoms with van der Waals surface area (Å²) in [6, 6.07) is 8.16. The molecule has 0 aliphatic carbocycles. The Morgan fingerprint density at radius 3 is 2.20 bits per heavy atom. The van der Waals surface area contributed by atoms with E-state index >= 15 is 0 Å². The molecule has 0 spiro atoms. The van der Waals surface area contributed by atoms with Gasteiger partial charge in [0, 0.05) is 24.1 Å². The number of phosphoric ester groups is 2. The SMILES string of the molecule is CC(C)OC(=O)OCOP(=O)(OCOC(=O)OC(C)C)OP(=O)(O)OC[C@H]1O[C@@H](n2ccc(=O)n(Cc3noc4ccccc34)c2=O)CC1(C)C. The first-order valence-corrected chi connectivity index (χ1v) is 18.4. The molecule has 0 radical (unpaired) electrons. The van der Waals surface area contributed by atoms with Crippen molar-refractivity contribution in [3.05, 3.63) is 63.1 Å². The Hall–Kier alpha value is -3.87. The maximum atomic E-state index is 13.5. The van der Waals surface area contributed by atoms with Gasteiger partial charge in [-0.05, 0) is 45.2 Å². The summed E-state index contributed by atoms with van der Waals surface area (Å²) in [7, 11) is -10.5. The van der Waals surface area contributed by atoms with Crippen molar-refractivity contribution < 1.29 is 69.7 Å². The first kappa shape index (κ1) is 39.9. The fourth-order valence-electron chi connectivity index (χ4n) is 4.66. The van der Waals surface area contributed by atoms with Crippen molar-refractivity contribution in [1.29, 1.82) is 0 Å². The standard InChI is InChI=1S/C29H39N3O17P2/c1-18(2)45-27(35)40-16-43-51(39,44-17-41-28(36)46-19(3)4)49-50(37,38)42-15-23-29(5,6)13-25(47-23)31-12-11-24(33)32(26(31)34)14-21-20-9-7-8-10-22(20)48-30-21/h7-12,18-19,23,25H,13-17H2,1-6H3,(H,37,38)/t23-,25-/m1/s1. The van der Waals surface area contributed by atoms with Crippen LogP contribution in [0.15, 0.2) is 50.6 Å². The molecule has 22 heteroatoms. The number of ether oxygens (including phenoxy) is 5. The molecule has 4 rings (SSSR count). The normalized spacial score (nSPS) is 18.5. The van der Waals surface area contributed by atoms with Gasteiger partial charge in [0.1, 0.15) is 11.9 Å². The van der Waals surface area contributed by atoms with Gasteiger partial charge in [-0.1, -0.05) is 31.1 Å². The van der Waals surface area contributed by atoms with Crippen molar-refractivity contribution in [3.63, 3.8) is 0 Å². The second-order valence-corrected chi connectivity index (χ2v) is 15.5. The number of carbonyl (C=O) groups is 2. The third-order valence-corrected chi connectivity index (χ3v) is 10.0. The van der Waals surface area contributed by atoms with Gasteiger partial charge in [-0.25, -0.2) is 32.6 Å². The van der Waals surface area contributed by atoms with Gasteiger partial charge in [-0.3, -0.25) is 18.5 Å². The number of hydrogen-bond acceptors (Lipinski definition) is 17. The van der Waals surface area contributed by atoms with Crippen molar-refractivity contribution in [2.24, 2.45) is 5.41 Å². The summed E-state index contributed by atoms with van der Waals surface area (Å²) >= 11 is 0. The van der Waals surface area contributed by atoms with Crippen LogP contribution < -0.4 is 11.2 Å². The van der Waals surface area contributed by atoms with Gasteiger partial charge in [0.05, 0.1) is 31.5 Å². The predicted octanol–water partition coefficient (Wildman–Crippen LogP) is 4.83. The van der Waals surface area contributed by atoms with E-state index in [0.717, 1.165) is 4.57 Å². The van der Waals surface area contributed by atoms with E-state index in [2.05, 4.69) is 14.6 Å². The van der Waals surface area contributed by atoms with E-state index in [0.29, 0.717) is 16.7 Å². The second-order valence-electron chi connectivity index (χ2n) is 12.2. The molecule has 0 amide bonds. The highest BCUT2D eigenvalue weighted by atomic mass is 31.3. The largest absolute Gasteiger partial charge is 0.510 e. The number of para-hydroxylation sites is 1. The van der Waals surface area contributed by atoms with E-state index in [-0.39, 0.29) is 13.0 Å². The summed E-state index contributed by atoms with van der Waals surface area (Å²) in [5, 5.41) is 4.62. The average Bonchev–Trinajstić information content (AvgIpc) is 3.56. The van der Waals surface area contributed by atoms with E-state index in [4.69, 9.17) is 36.6 Å². The van der Waals surface area contributed by atoms with Crippen LogP contribution in [0.2, 0.25) is 0 Å². The quantitative estimate of drug-likeness (QED) is 0.117. The number of fused-ring (bicyclic) bond motifs is 1. The van der Waals surface area contributed by atoms with Crippen LogP contribution in [0, 0.1) is 5.41 Å². The van der Waals surface area contributed by atoms with Crippen LogP contribution in [0.1, 0.15) is 59.9 Å². The Labute approximate surface area is 290 Å². The lowest BCUT2D eigenvalue weighted by Crippen LogP contribution is -2.40. The number of aromatic nitrogens is 3. The Kier molecular flexibility index (Phi) is 13.0. The number of benzene rings is 1. The number of nitrogens with zero attached hydrogens (tertiary/aromatic N) is 3. The summed E-state index contributed by atoms with van der Waals surface area (Å²) in [5.41, 5.74) is -1.23. The number of phosphoric acid groups is 2. The van der Waals surface area contributed by atoms with Crippen molar-refractivity contribution in [3.8, 4) is 0 Å². The second kappa shape index (κ2) is 16.6. The van der Waals surface area contributed by atoms with Crippen molar-refractivity contribution in [2.45, 2.75) is 79.0 Å². The average molecular weight is 764 g/mol. The molecule has 3 atom stereocenters. The molecule has 1 aromatic carbocycles. The molecule has 51 heavy (non-hydrogen) atoms. The van der Waals surface area contributed by atoms with Gasteiger partial charge in [-0.2, -0.15) is 4.31 Å². The summed E-state index contributed by atoms with van der Waals surface area (Å²) in [5.74, 6) is 0. The highest BCUT2D eigenvalue weighted by molar-refractivity contribution is 7.61. The van der Waals surface area contributed by atoms with E-state index in [1.807, 2.05) is 0 Å². The van der Waals surface area contributed by atoms with Crippen LogP contribution in [0.5, 0.6) is 0 Å². The highest BCUT2D eigenvalue weighted by Crippen LogP contribution is 2.63. The van der Waals surface area contributed by atoms with E-state index in [1.54, 1.807) is 38.1 Å². The van der Waals surface area contributed by atoms with Crippen molar-refractivity contribution in [2.75, 3.05) is 20.2 Å². The molecule has 2 aromatic heterocycles. The third kappa shape index (κ3) is 11.1. The van der Waals surface area contributed by atoms with Crippen molar-refractivity contribution >= 4 is 38.9 Å². The molecular formula is C29H39N3O17P2. The maximum Gasteiger partial charge on any atom is 0.510 e. The molecule has 1 fully saturated rings. The molecule has 1 N–H and O–H groups in total. The van der Waals surface area contributed by atoms with Gasteiger partial charge >= 0.3 is 33.6 Å². The molecule has 0 bridgehead atoms. The zero-order chi connectivity index (χ0) is 37.6. The molecule has 1 unspecified atom stereocenters. The summed E-state index contributed by atoms with van der Waals surface area (Å²) in [4.78, 5) is 60.1. The molecule has 20 nitrogen and oxygen atoms in total. The molecule has 1 saturated heterocycles. The van der Waals surface area contributed by atoms with Crippen LogP contribution in [0.4, 0.5) is 9.59 Å². The van der Waals surface area contributed by atoms with Crippen LogP contribution in [0.3, 0.4) is 0 Å². The van der Waals surface area contributed by atoms with Crippen LogP contribution in [0.25, 0.3) is 11.0 Å². The zero-order valence-corrected chi connectivity index (χ0v) is 30.3. The Morgan fingerprint density at radius 2 is 1.59 bits per heavy atom. The van der Waals surface area contributed by atoms with Gasteiger partial charge in [0.2, 0.25) is 13.6 Å². The van der Waals surface area contributed by atoms with Gasteiger partial charge in [0.25, 0.3) is 5.56 Å².